The third-order valence-corrected chi connectivity index (χ3v) is 4.39. The zero-order valence-electron chi connectivity index (χ0n) is 11.4. The SMILES string of the molecule is O=C1CCc2ccc(OCc3c(Cl)cccc3Cl)cc2C1. The molecule has 0 aliphatic heterocycles. The molecule has 1 aliphatic carbocycles. The van der Waals surface area contributed by atoms with Crippen molar-refractivity contribution in [3.63, 3.8) is 0 Å². The fraction of sp³-hybridized carbons (Fsp3) is 0.235. The smallest absolute Gasteiger partial charge is 0.137 e. The Morgan fingerprint density at radius 2 is 1.76 bits per heavy atom. The first-order chi connectivity index (χ1) is 10.1. The number of hydrogen-bond donors (Lipinski definition) is 0. The fourth-order valence-corrected chi connectivity index (χ4v) is 3.01. The summed E-state index contributed by atoms with van der Waals surface area (Å²) in [6.45, 7) is 0.311. The molecule has 0 saturated heterocycles. The van der Waals surface area contributed by atoms with Crippen LogP contribution in [0.15, 0.2) is 36.4 Å². The van der Waals surface area contributed by atoms with Crippen LogP contribution in [0.2, 0.25) is 10.0 Å². The summed E-state index contributed by atoms with van der Waals surface area (Å²) in [6, 6.07) is 11.3. The van der Waals surface area contributed by atoms with Crippen molar-refractivity contribution >= 4 is 29.0 Å². The molecule has 2 nitrogen and oxygen atoms in total. The maximum atomic E-state index is 11.5. The minimum atomic E-state index is 0.286. The van der Waals surface area contributed by atoms with E-state index < -0.39 is 0 Å². The number of fused-ring (bicyclic) bond motifs is 1. The van der Waals surface area contributed by atoms with Crippen molar-refractivity contribution < 1.29 is 9.53 Å². The predicted octanol–water partition coefficient (Wildman–Crippen LogP) is 4.63. The molecule has 0 bridgehead atoms. The summed E-state index contributed by atoms with van der Waals surface area (Å²) in [5.74, 6) is 1.02. The van der Waals surface area contributed by atoms with Gasteiger partial charge in [-0.3, -0.25) is 4.79 Å². The predicted molar refractivity (Wildman–Crippen MR) is 84.3 cm³/mol. The largest absolute Gasteiger partial charge is 0.489 e. The van der Waals surface area contributed by atoms with E-state index in [1.54, 1.807) is 18.2 Å². The van der Waals surface area contributed by atoms with Crippen LogP contribution >= 0.6 is 23.2 Å². The van der Waals surface area contributed by atoms with Gasteiger partial charge in [0.2, 0.25) is 0 Å². The highest BCUT2D eigenvalue weighted by molar-refractivity contribution is 6.35. The first-order valence-electron chi connectivity index (χ1n) is 6.82. The number of rotatable bonds is 3. The van der Waals surface area contributed by atoms with Crippen LogP contribution in [0, 0.1) is 0 Å². The highest BCUT2D eigenvalue weighted by Crippen LogP contribution is 2.28. The van der Waals surface area contributed by atoms with E-state index in [0.29, 0.717) is 29.5 Å². The highest BCUT2D eigenvalue weighted by Gasteiger charge is 2.16. The quantitative estimate of drug-likeness (QED) is 0.824. The molecule has 0 unspecified atom stereocenters. The molecule has 4 heteroatoms. The van der Waals surface area contributed by atoms with Crippen molar-refractivity contribution in [2.75, 3.05) is 0 Å². The summed E-state index contributed by atoms with van der Waals surface area (Å²) in [4.78, 5) is 11.5. The topological polar surface area (TPSA) is 26.3 Å². The second-order valence-corrected chi connectivity index (χ2v) is 5.95. The van der Waals surface area contributed by atoms with Crippen molar-refractivity contribution in [2.45, 2.75) is 25.9 Å². The van der Waals surface area contributed by atoms with E-state index in [4.69, 9.17) is 27.9 Å². The molecule has 0 N–H and O–H groups in total. The van der Waals surface area contributed by atoms with Gasteiger partial charge in [0, 0.05) is 28.5 Å². The van der Waals surface area contributed by atoms with Gasteiger partial charge in [0.1, 0.15) is 18.1 Å². The molecule has 0 saturated carbocycles. The number of benzene rings is 2. The number of carbonyl (C=O) groups is 1. The monoisotopic (exact) mass is 320 g/mol. The van der Waals surface area contributed by atoms with Gasteiger partial charge in [-0.1, -0.05) is 35.3 Å². The molecule has 21 heavy (non-hydrogen) atoms. The Balaban J connectivity index is 1.77. The van der Waals surface area contributed by atoms with Crippen LogP contribution in [0.1, 0.15) is 23.1 Å². The van der Waals surface area contributed by atoms with Gasteiger partial charge in [0.15, 0.2) is 0 Å². The number of aryl methyl sites for hydroxylation is 1. The van der Waals surface area contributed by atoms with Crippen LogP contribution < -0.4 is 4.74 Å². The molecular weight excluding hydrogens is 307 g/mol. The van der Waals surface area contributed by atoms with Gasteiger partial charge >= 0.3 is 0 Å². The van der Waals surface area contributed by atoms with Gasteiger partial charge in [-0.15, -0.1) is 0 Å². The lowest BCUT2D eigenvalue weighted by molar-refractivity contribution is -0.118. The minimum absolute atomic E-state index is 0.286. The van der Waals surface area contributed by atoms with E-state index in [2.05, 4.69) is 0 Å². The van der Waals surface area contributed by atoms with E-state index in [-0.39, 0.29) is 5.78 Å². The summed E-state index contributed by atoms with van der Waals surface area (Å²) >= 11 is 12.2. The molecule has 0 heterocycles. The molecule has 0 spiro atoms. The normalized spacial score (nSPS) is 13.9. The second-order valence-electron chi connectivity index (χ2n) is 5.13. The summed E-state index contributed by atoms with van der Waals surface area (Å²) < 4.78 is 5.77. The van der Waals surface area contributed by atoms with Crippen molar-refractivity contribution in [3.05, 3.63) is 63.1 Å². The lowest BCUT2D eigenvalue weighted by atomic mass is 9.91. The molecule has 2 aromatic rings. The van der Waals surface area contributed by atoms with Gasteiger partial charge < -0.3 is 4.74 Å². The highest BCUT2D eigenvalue weighted by atomic mass is 35.5. The molecule has 2 aromatic carbocycles. The number of carbonyl (C=O) groups excluding carboxylic acids is 1. The fourth-order valence-electron chi connectivity index (χ4n) is 2.50. The lowest BCUT2D eigenvalue weighted by Gasteiger charge is -2.16. The zero-order chi connectivity index (χ0) is 14.8. The maximum Gasteiger partial charge on any atom is 0.137 e. The van der Waals surface area contributed by atoms with Crippen molar-refractivity contribution in [1.82, 2.24) is 0 Å². The van der Waals surface area contributed by atoms with Crippen LogP contribution in [0.4, 0.5) is 0 Å². The summed E-state index contributed by atoms with van der Waals surface area (Å²) in [7, 11) is 0. The van der Waals surface area contributed by atoms with Crippen molar-refractivity contribution in [2.24, 2.45) is 0 Å². The number of halogens is 2. The third kappa shape index (κ3) is 3.22. The number of hydrogen-bond acceptors (Lipinski definition) is 2. The molecule has 0 amide bonds. The summed E-state index contributed by atoms with van der Waals surface area (Å²) in [6.07, 6.45) is 1.96. The molecule has 108 valence electrons. The Bertz CT molecular complexity index is 675. The number of ether oxygens (including phenoxy) is 1. The average Bonchev–Trinajstić information content (AvgIpc) is 2.46. The molecule has 3 rings (SSSR count). The molecular formula is C17H14Cl2O2. The zero-order valence-corrected chi connectivity index (χ0v) is 12.9. The number of Topliss-reactive ketones (excluding diaryl/α,β-unsaturated/α-hetero) is 1. The van der Waals surface area contributed by atoms with Crippen LogP contribution in [-0.2, 0) is 24.2 Å². The minimum Gasteiger partial charge on any atom is -0.489 e. The average molecular weight is 321 g/mol. The van der Waals surface area contributed by atoms with Crippen molar-refractivity contribution in [1.29, 1.82) is 0 Å². The summed E-state index contributed by atoms with van der Waals surface area (Å²) in [5.41, 5.74) is 3.07. The van der Waals surface area contributed by atoms with E-state index >= 15 is 0 Å². The lowest BCUT2D eigenvalue weighted by Crippen LogP contribution is -2.13. The van der Waals surface area contributed by atoms with Gasteiger partial charge in [-0.05, 0) is 41.8 Å². The van der Waals surface area contributed by atoms with Gasteiger partial charge in [0.25, 0.3) is 0 Å². The van der Waals surface area contributed by atoms with E-state index in [1.165, 1.54) is 5.56 Å². The van der Waals surface area contributed by atoms with Gasteiger partial charge in [0.05, 0.1) is 0 Å². The van der Waals surface area contributed by atoms with Crippen LogP contribution in [-0.4, -0.2) is 5.78 Å². The maximum absolute atomic E-state index is 11.5. The molecule has 1 aliphatic rings. The van der Waals surface area contributed by atoms with Crippen LogP contribution in [0.5, 0.6) is 5.75 Å². The Labute approximate surface area is 133 Å². The second kappa shape index (κ2) is 6.08. The third-order valence-electron chi connectivity index (χ3n) is 3.68. The Morgan fingerprint density at radius 1 is 1.00 bits per heavy atom. The van der Waals surface area contributed by atoms with E-state index in [1.807, 2.05) is 18.2 Å². The summed E-state index contributed by atoms with van der Waals surface area (Å²) in [5, 5.41) is 1.19. The Kier molecular flexibility index (Phi) is 4.18. The van der Waals surface area contributed by atoms with Crippen LogP contribution in [0.25, 0.3) is 0 Å². The van der Waals surface area contributed by atoms with Gasteiger partial charge in [-0.2, -0.15) is 0 Å². The first-order valence-corrected chi connectivity index (χ1v) is 7.58. The Morgan fingerprint density at radius 3 is 2.52 bits per heavy atom. The molecule has 0 radical (unpaired) electrons. The molecule has 0 aromatic heterocycles. The van der Waals surface area contributed by atoms with Crippen LogP contribution in [0.3, 0.4) is 0 Å². The van der Waals surface area contributed by atoms with Gasteiger partial charge in [-0.25, -0.2) is 0 Å². The standard InChI is InChI=1S/C17H14Cl2O2/c18-16-2-1-3-17(19)15(16)10-21-14-7-5-11-4-6-13(20)8-12(11)9-14/h1-3,5,7,9H,4,6,8,10H2. The van der Waals surface area contributed by atoms with E-state index in [9.17, 15) is 4.79 Å². The molecule has 0 fully saturated rings. The number of ketones is 1. The first kappa shape index (κ1) is 14.4. The van der Waals surface area contributed by atoms with Crippen molar-refractivity contribution in [3.8, 4) is 5.75 Å². The Hall–Kier alpha value is -1.51. The molecule has 0 atom stereocenters. The van der Waals surface area contributed by atoms with E-state index in [0.717, 1.165) is 23.3 Å².